The minimum absolute atomic E-state index is 0.125. The minimum Gasteiger partial charge on any atom is -0.454 e. The third kappa shape index (κ3) is 1.87. The van der Waals surface area contributed by atoms with Crippen molar-refractivity contribution in [3.63, 3.8) is 0 Å². The van der Waals surface area contributed by atoms with E-state index in [4.69, 9.17) is 9.47 Å². The Morgan fingerprint density at radius 2 is 2.00 bits per heavy atom. The third-order valence-corrected chi connectivity index (χ3v) is 3.17. The molecular weight excluding hydrogens is 282 g/mol. The molecule has 8 heteroatoms. The molecule has 3 aromatic rings. The molecule has 2 aromatic heterocycles. The van der Waals surface area contributed by atoms with Gasteiger partial charge in [-0.05, 0) is 24.3 Å². The lowest BCUT2D eigenvalue weighted by molar-refractivity contribution is 0.143. The summed E-state index contributed by atoms with van der Waals surface area (Å²) in [7, 11) is 0. The molecule has 0 aliphatic carbocycles. The predicted octanol–water partition coefficient (Wildman–Crippen LogP) is 2.46. The van der Waals surface area contributed by atoms with Crippen LogP contribution in [0.3, 0.4) is 0 Å². The number of benzene rings is 1. The van der Waals surface area contributed by atoms with Crippen LogP contribution in [0.2, 0.25) is 0 Å². The molecule has 0 spiro atoms. The third-order valence-electron chi connectivity index (χ3n) is 3.17. The van der Waals surface area contributed by atoms with Crippen LogP contribution in [0.25, 0.3) is 17.0 Å². The van der Waals surface area contributed by atoms with Crippen molar-refractivity contribution in [2.45, 2.75) is 6.43 Å². The first kappa shape index (κ1) is 12.0. The van der Waals surface area contributed by atoms with Crippen LogP contribution in [0.4, 0.5) is 8.78 Å². The fourth-order valence-electron chi connectivity index (χ4n) is 2.19. The normalized spacial score (nSPS) is 13.3. The van der Waals surface area contributed by atoms with Crippen molar-refractivity contribution in [3.05, 3.63) is 36.3 Å². The summed E-state index contributed by atoms with van der Waals surface area (Å²) >= 11 is 0. The van der Waals surface area contributed by atoms with Gasteiger partial charge in [0.1, 0.15) is 12.0 Å². The van der Waals surface area contributed by atoms with Gasteiger partial charge < -0.3 is 9.47 Å². The quantitative estimate of drug-likeness (QED) is 0.725. The summed E-state index contributed by atoms with van der Waals surface area (Å²) < 4.78 is 37.8. The van der Waals surface area contributed by atoms with E-state index >= 15 is 0 Å². The Morgan fingerprint density at radius 3 is 2.86 bits per heavy atom. The Balaban J connectivity index is 1.90. The average molecular weight is 290 g/mol. The molecular formula is C13H8F2N4O2. The second-order valence-electron chi connectivity index (χ2n) is 4.41. The summed E-state index contributed by atoms with van der Waals surface area (Å²) in [6.07, 6.45) is -1.48. The highest BCUT2D eigenvalue weighted by Crippen LogP contribution is 2.36. The van der Waals surface area contributed by atoms with Gasteiger partial charge in [-0.15, -0.1) is 0 Å². The fraction of sp³-hybridized carbons (Fsp3) is 0.154. The van der Waals surface area contributed by atoms with Gasteiger partial charge in [-0.25, -0.2) is 13.8 Å². The highest BCUT2D eigenvalue weighted by atomic mass is 19.3. The maximum atomic E-state index is 13.1. The lowest BCUT2D eigenvalue weighted by Crippen LogP contribution is -2.02. The van der Waals surface area contributed by atoms with Crippen molar-refractivity contribution in [3.8, 4) is 22.8 Å². The highest BCUT2D eigenvalue weighted by Gasteiger charge is 2.19. The molecule has 106 valence electrons. The SMILES string of the molecule is FC(F)c1cc(-c2ccc3c(c2)OCO3)nc2ncnn12. The number of rotatable bonds is 2. The molecule has 0 fully saturated rings. The van der Waals surface area contributed by atoms with E-state index in [0.29, 0.717) is 22.8 Å². The van der Waals surface area contributed by atoms with E-state index in [1.54, 1.807) is 18.2 Å². The van der Waals surface area contributed by atoms with Gasteiger partial charge in [-0.3, -0.25) is 0 Å². The summed E-state index contributed by atoms with van der Waals surface area (Å²) in [5.41, 5.74) is 0.765. The second kappa shape index (κ2) is 4.37. The number of hydrogen-bond acceptors (Lipinski definition) is 5. The van der Waals surface area contributed by atoms with E-state index in [1.165, 1.54) is 12.4 Å². The van der Waals surface area contributed by atoms with Crippen LogP contribution < -0.4 is 9.47 Å². The Bertz CT molecular complexity index is 834. The molecule has 1 aliphatic heterocycles. The molecule has 1 aliphatic rings. The van der Waals surface area contributed by atoms with Crippen molar-refractivity contribution in [2.24, 2.45) is 0 Å². The van der Waals surface area contributed by atoms with E-state index in [1.807, 2.05) is 0 Å². The molecule has 0 saturated carbocycles. The Morgan fingerprint density at radius 1 is 1.14 bits per heavy atom. The molecule has 0 amide bonds. The van der Waals surface area contributed by atoms with Crippen LogP contribution in [0.5, 0.6) is 11.5 Å². The molecule has 4 rings (SSSR count). The van der Waals surface area contributed by atoms with Gasteiger partial charge in [0.15, 0.2) is 11.5 Å². The summed E-state index contributed by atoms with van der Waals surface area (Å²) in [4.78, 5) is 8.11. The smallest absolute Gasteiger partial charge is 0.280 e. The van der Waals surface area contributed by atoms with Gasteiger partial charge in [0, 0.05) is 5.56 Å². The monoisotopic (exact) mass is 290 g/mol. The van der Waals surface area contributed by atoms with Crippen LogP contribution in [0.1, 0.15) is 12.1 Å². The van der Waals surface area contributed by atoms with Gasteiger partial charge in [0.05, 0.1) is 5.69 Å². The van der Waals surface area contributed by atoms with E-state index in [0.717, 1.165) is 4.52 Å². The molecule has 0 bridgehead atoms. The number of nitrogens with zero attached hydrogens (tertiary/aromatic N) is 4. The van der Waals surface area contributed by atoms with Gasteiger partial charge in [-0.2, -0.15) is 14.6 Å². The maximum Gasteiger partial charge on any atom is 0.280 e. The number of ether oxygens (including phenoxy) is 2. The average Bonchev–Trinajstić information content (AvgIpc) is 3.13. The summed E-state index contributed by atoms with van der Waals surface area (Å²) in [5, 5.41) is 3.75. The number of hydrogen-bond donors (Lipinski definition) is 0. The van der Waals surface area contributed by atoms with Crippen molar-refractivity contribution in [1.82, 2.24) is 19.6 Å². The standard InChI is InChI=1S/C13H8F2N4O2/c14-12(15)9-4-8(18-13-16-5-17-19(9)13)7-1-2-10-11(3-7)21-6-20-10/h1-5,12H,6H2. The Hall–Kier alpha value is -2.77. The highest BCUT2D eigenvalue weighted by molar-refractivity contribution is 5.66. The van der Waals surface area contributed by atoms with Gasteiger partial charge in [0.25, 0.3) is 12.2 Å². The van der Waals surface area contributed by atoms with Crippen molar-refractivity contribution in [1.29, 1.82) is 0 Å². The van der Waals surface area contributed by atoms with E-state index in [2.05, 4.69) is 15.1 Å². The summed E-state index contributed by atoms with van der Waals surface area (Å²) in [5.74, 6) is 1.31. The van der Waals surface area contributed by atoms with E-state index in [-0.39, 0.29) is 18.3 Å². The number of fused-ring (bicyclic) bond motifs is 2. The summed E-state index contributed by atoms with van der Waals surface area (Å²) in [6, 6.07) is 6.45. The van der Waals surface area contributed by atoms with E-state index in [9.17, 15) is 8.78 Å². The molecule has 0 unspecified atom stereocenters. The zero-order chi connectivity index (χ0) is 14.4. The molecule has 21 heavy (non-hydrogen) atoms. The van der Waals surface area contributed by atoms with Gasteiger partial charge in [0.2, 0.25) is 6.79 Å². The Labute approximate surface area is 117 Å². The largest absolute Gasteiger partial charge is 0.454 e. The molecule has 0 atom stereocenters. The number of alkyl halides is 2. The number of aromatic nitrogens is 4. The molecule has 3 heterocycles. The van der Waals surface area contributed by atoms with Crippen molar-refractivity contribution >= 4 is 5.78 Å². The molecule has 0 N–H and O–H groups in total. The van der Waals surface area contributed by atoms with Crippen LogP contribution in [0, 0.1) is 0 Å². The topological polar surface area (TPSA) is 61.5 Å². The zero-order valence-electron chi connectivity index (χ0n) is 10.5. The van der Waals surface area contributed by atoms with E-state index < -0.39 is 6.43 Å². The summed E-state index contributed by atoms with van der Waals surface area (Å²) in [6.45, 7) is 0.151. The second-order valence-corrected chi connectivity index (χ2v) is 4.41. The minimum atomic E-state index is -2.68. The zero-order valence-corrected chi connectivity index (χ0v) is 10.5. The maximum absolute atomic E-state index is 13.1. The first-order valence-electron chi connectivity index (χ1n) is 6.11. The molecule has 6 nitrogen and oxygen atoms in total. The molecule has 1 aromatic carbocycles. The van der Waals surface area contributed by atoms with Gasteiger partial charge in [-0.1, -0.05) is 0 Å². The Kier molecular flexibility index (Phi) is 2.50. The van der Waals surface area contributed by atoms with Crippen molar-refractivity contribution in [2.75, 3.05) is 6.79 Å². The van der Waals surface area contributed by atoms with Crippen LogP contribution >= 0.6 is 0 Å². The first-order valence-corrected chi connectivity index (χ1v) is 6.11. The van der Waals surface area contributed by atoms with Gasteiger partial charge >= 0.3 is 0 Å². The lowest BCUT2D eigenvalue weighted by atomic mass is 10.1. The van der Waals surface area contributed by atoms with Crippen molar-refractivity contribution < 1.29 is 18.3 Å². The lowest BCUT2D eigenvalue weighted by Gasteiger charge is -2.07. The fourth-order valence-corrected chi connectivity index (χ4v) is 2.19. The molecule has 0 radical (unpaired) electrons. The predicted molar refractivity (Wildman–Crippen MR) is 67.3 cm³/mol. The van der Waals surface area contributed by atoms with Crippen LogP contribution in [-0.2, 0) is 0 Å². The molecule has 0 saturated heterocycles. The first-order chi connectivity index (χ1) is 10.2. The number of halogens is 2. The van der Waals surface area contributed by atoms with Crippen LogP contribution in [0.15, 0.2) is 30.6 Å². The van der Waals surface area contributed by atoms with Crippen LogP contribution in [-0.4, -0.2) is 26.4 Å².